The zero-order chi connectivity index (χ0) is 14.3. The fraction of sp³-hybridized carbons (Fsp3) is 0.500. The molecule has 0 aliphatic rings. The van der Waals surface area contributed by atoms with Crippen LogP contribution < -0.4 is 5.32 Å². The molecule has 1 aromatic heterocycles. The molecule has 0 aromatic carbocycles. The van der Waals surface area contributed by atoms with E-state index in [9.17, 15) is 9.59 Å². The highest BCUT2D eigenvalue weighted by atomic mass is 16.2. The van der Waals surface area contributed by atoms with Crippen molar-refractivity contribution in [3.05, 3.63) is 30.1 Å². The second-order valence-electron chi connectivity index (χ2n) is 4.54. The lowest BCUT2D eigenvalue weighted by molar-refractivity contribution is -0.136. The Hall–Kier alpha value is -1.91. The van der Waals surface area contributed by atoms with Crippen LogP contribution >= 0.6 is 0 Å². The van der Waals surface area contributed by atoms with E-state index >= 15 is 0 Å². The van der Waals surface area contributed by atoms with E-state index in [0.717, 1.165) is 12.0 Å². The standard InChI is InChI=1S/C14H21N3O2/c1-4-11(2)17(12(3)18)10-14(19)16-9-13-5-7-15-8-6-13/h5-8,11H,4,9-10H2,1-3H3,(H,16,19). The summed E-state index contributed by atoms with van der Waals surface area (Å²) in [6.45, 7) is 5.98. The molecule has 104 valence electrons. The largest absolute Gasteiger partial charge is 0.350 e. The zero-order valence-corrected chi connectivity index (χ0v) is 11.7. The molecule has 1 N–H and O–H groups in total. The van der Waals surface area contributed by atoms with Crippen LogP contribution in [-0.2, 0) is 16.1 Å². The number of rotatable bonds is 6. The Morgan fingerprint density at radius 3 is 2.53 bits per heavy atom. The summed E-state index contributed by atoms with van der Waals surface area (Å²) in [5.74, 6) is -0.222. The summed E-state index contributed by atoms with van der Waals surface area (Å²) in [5, 5.41) is 2.80. The highest BCUT2D eigenvalue weighted by Gasteiger charge is 2.18. The Balaban J connectivity index is 2.47. The van der Waals surface area contributed by atoms with E-state index < -0.39 is 0 Å². The van der Waals surface area contributed by atoms with Gasteiger partial charge in [0, 0.05) is 31.9 Å². The summed E-state index contributed by atoms with van der Waals surface area (Å²) in [7, 11) is 0. The molecule has 0 radical (unpaired) electrons. The Bertz CT molecular complexity index is 420. The van der Waals surface area contributed by atoms with Crippen molar-refractivity contribution in [3.63, 3.8) is 0 Å². The van der Waals surface area contributed by atoms with Crippen LogP contribution in [0.3, 0.4) is 0 Å². The van der Waals surface area contributed by atoms with Crippen molar-refractivity contribution in [1.29, 1.82) is 0 Å². The molecular formula is C14H21N3O2. The van der Waals surface area contributed by atoms with Gasteiger partial charge in [-0.15, -0.1) is 0 Å². The second-order valence-corrected chi connectivity index (χ2v) is 4.54. The van der Waals surface area contributed by atoms with E-state index in [0.29, 0.717) is 6.54 Å². The van der Waals surface area contributed by atoms with Crippen LogP contribution in [-0.4, -0.2) is 34.3 Å². The van der Waals surface area contributed by atoms with Gasteiger partial charge in [-0.05, 0) is 31.0 Å². The molecule has 0 spiro atoms. The highest BCUT2D eigenvalue weighted by Crippen LogP contribution is 2.03. The van der Waals surface area contributed by atoms with Crippen molar-refractivity contribution >= 4 is 11.8 Å². The topological polar surface area (TPSA) is 62.3 Å². The summed E-state index contributed by atoms with van der Waals surface area (Å²) in [6.07, 6.45) is 4.20. The van der Waals surface area contributed by atoms with Crippen LogP contribution in [0.15, 0.2) is 24.5 Å². The number of pyridine rings is 1. The predicted octanol–water partition coefficient (Wildman–Crippen LogP) is 1.34. The molecule has 19 heavy (non-hydrogen) atoms. The van der Waals surface area contributed by atoms with Gasteiger partial charge < -0.3 is 10.2 Å². The molecule has 0 fully saturated rings. The maximum atomic E-state index is 11.8. The Morgan fingerprint density at radius 1 is 1.37 bits per heavy atom. The summed E-state index contributed by atoms with van der Waals surface area (Å²) >= 11 is 0. The lowest BCUT2D eigenvalue weighted by Gasteiger charge is -2.26. The molecule has 1 heterocycles. The molecular weight excluding hydrogens is 242 g/mol. The normalized spacial score (nSPS) is 11.7. The SMILES string of the molecule is CCC(C)N(CC(=O)NCc1ccncc1)C(C)=O. The number of carbonyl (C=O) groups excluding carboxylic acids is 2. The zero-order valence-electron chi connectivity index (χ0n) is 11.7. The summed E-state index contributed by atoms with van der Waals surface area (Å²) in [6, 6.07) is 3.76. The van der Waals surface area contributed by atoms with Gasteiger partial charge in [0.25, 0.3) is 0 Å². The number of hydrogen-bond donors (Lipinski definition) is 1. The Morgan fingerprint density at radius 2 is 2.00 bits per heavy atom. The molecule has 2 amide bonds. The molecule has 1 rings (SSSR count). The van der Waals surface area contributed by atoms with Crippen LogP contribution in [0.5, 0.6) is 0 Å². The smallest absolute Gasteiger partial charge is 0.239 e. The van der Waals surface area contributed by atoms with Gasteiger partial charge in [0.05, 0.1) is 6.54 Å². The van der Waals surface area contributed by atoms with E-state index in [1.165, 1.54) is 6.92 Å². The molecule has 0 saturated heterocycles. The van der Waals surface area contributed by atoms with E-state index in [-0.39, 0.29) is 24.4 Å². The van der Waals surface area contributed by atoms with Crippen molar-refractivity contribution in [1.82, 2.24) is 15.2 Å². The van der Waals surface area contributed by atoms with Crippen LogP contribution in [0.2, 0.25) is 0 Å². The monoisotopic (exact) mass is 263 g/mol. The van der Waals surface area contributed by atoms with Crippen molar-refractivity contribution in [2.75, 3.05) is 6.54 Å². The van der Waals surface area contributed by atoms with Crippen molar-refractivity contribution < 1.29 is 9.59 Å². The van der Waals surface area contributed by atoms with Crippen LogP contribution in [0, 0.1) is 0 Å². The van der Waals surface area contributed by atoms with Crippen LogP contribution in [0.25, 0.3) is 0 Å². The Labute approximate surface area is 114 Å². The van der Waals surface area contributed by atoms with Gasteiger partial charge in [0.15, 0.2) is 0 Å². The fourth-order valence-electron chi connectivity index (χ4n) is 1.71. The van der Waals surface area contributed by atoms with Gasteiger partial charge >= 0.3 is 0 Å². The molecule has 0 bridgehead atoms. The van der Waals surface area contributed by atoms with Gasteiger partial charge in [-0.2, -0.15) is 0 Å². The van der Waals surface area contributed by atoms with Crippen molar-refractivity contribution in [2.45, 2.75) is 39.8 Å². The van der Waals surface area contributed by atoms with Crippen molar-refractivity contribution in [2.24, 2.45) is 0 Å². The van der Waals surface area contributed by atoms with Gasteiger partial charge in [0.2, 0.25) is 11.8 Å². The van der Waals surface area contributed by atoms with Gasteiger partial charge in [0.1, 0.15) is 0 Å². The molecule has 1 unspecified atom stereocenters. The summed E-state index contributed by atoms with van der Waals surface area (Å²) < 4.78 is 0. The predicted molar refractivity (Wildman–Crippen MR) is 73.2 cm³/mol. The third-order valence-corrected chi connectivity index (χ3v) is 3.08. The lowest BCUT2D eigenvalue weighted by atomic mass is 10.2. The van der Waals surface area contributed by atoms with Crippen molar-refractivity contribution in [3.8, 4) is 0 Å². The van der Waals surface area contributed by atoms with E-state index in [4.69, 9.17) is 0 Å². The maximum Gasteiger partial charge on any atom is 0.239 e. The molecule has 1 atom stereocenters. The number of carbonyl (C=O) groups is 2. The van der Waals surface area contributed by atoms with E-state index in [2.05, 4.69) is 10.3 Å². The fourth-order valence-corrected chi connectivity index (χ4v) is 1.71. The van der Waals surface area contributed by atoms with Gasteiger partial charge in [-0.1, -0.05) is 6.92 Å². The molecule has 1 aromatic rings. The maximum absolute atomic E-state index is 11.8. The average Bonchev–Trinajstić information content (AvgIpc) is 2.42. The molecule has 0 saturated carbocycles. The summed E-state index contributed by atoms with van der Waals surface area (Å²) in [5.41, 5.74) is 0.987. The third-order valence-electron chi connectivity index (χ3n) is 3.08. The number of hydrogen-bond acceptors (Lipinski definition) is 3. The minimum absolute atomic E-state index is 0.0733. The Kier molecular flexibility index (Phi) is 5.99. The first-order valence-corrected chi connectivity index (χ1v) is 6.47. The van der Waals surface area contributed by atoms with Crippen LogP contribution in [0.4, 0.5) is 0 Å². The quantitative estimate of drug-likeness (QED) is 0.842. The summed E-state index contributed by atoms with van der Waals surface area (Å²) in [4.78, 5) is 28.8. The van der Waals surface area contributed by atoms with E-state index in [1.807, 2.05) is 26.0 Å². The van der Waals surface area contributed by atoms with E-state index in [1.54, 1.807) is 17.3 Å². The molecule has 0 aliphatic heterocycles. The molecule has 0 aliphatic carbocycles. The molecule has 5 heteroatoms. The second kappa shape index (κ2) is 7.51. The molecule has 5 nitrogen and oxygen atoms in total. The first kappa shape index (κ1) is 15.1. The van der Waals surface area contributed by atoms with Gasteiger partial charge in [-0.25, -0.2) is 0 Å². The number of amides is 2. The highest BCUT2D eigenvalue weighted by molar-refractivity contribution is 5.83. The lowest BCUT2D eigenvalue weighted by Crippen LogP contribution is -2.44. The number of nitrogens with one attached hydrogen (secondary N) is 1. The van der Waals surface area contributed by atoms with Gasteiger partial charge in [-0.3, -0.25) is 14.6 Å². The first-order valence-electron chi connectivity index (χ1n) is 6.47. The minimum atomic E-state index is -0.146. The third kappa shape index (κ3) is 5.07. The first-order chi connectivity index (χ1) is 9.04. The van der Waals surface area contributed by atoms with Crippen LogP contribution in [0.1, 0.15) is 32.8 Å². The average molecular weight is 263 g/mol. The minimum Gasteiger partial charge on any atom is -0.350 e. The number of nitrogens with zero attached hydrogens (tertiary/aromatic N) is 2. The number of aromatic nitrogens is 1.